The van der Waals surface area contributed by atoms with E-state index in [0.717, 1.165) is 17.7 Å². The average Bonchev–Trinajstić information content (AvgIpc) is 3.57. The summed E-state index contributed by atoms with van der Waals surface area (Å²) >= 11 is 0.178. The van der Waals surface area contributed by atoms with E-state index in [1.807, 2.05) is 6.92 Å². The summed E-state index contributed by atoms with van der Waals surface area (Å²) in [4.78, 5) is 25.7. The molecular weight excluding hydrogens is 487 g/mol. The van der Waals surface area contributed by atoms with Crippen molar-refractivity contribution in [1.29, 1.82) is 0 Å². The van der Waals surface area contributed by atoms with Crippen LogP contribution in [0.15, 0.2) is 36.7 Å². The maximum atomic E-state index is 13.1. The Hall–Kier alpha value is -2.70. The maximum Gasteiger partial charge on any atom is 0.434 e. The van der Waals surface area contributed by atoms with Crippen LogP contribution in [0.25, 0.3) is 11.3 Å². The van der Waals surface area contributed by atoms with Crippen LogP contribution in [-0.4, -0.2) is 30.7 Å². The lowest BCUT2D eigenvalue weighted by atomic mass is 9.87. The molecule has 1 saturated carbocycles. The van der Waals surface area contributed by atoms with Gasteiger partial charge in [-0.05, 0) is 32.9 Å². The molecule has 180 valence electrons. The number of halogens is 3. The molecule has 2 N–H and O–H groups in total. The highest BCUT2D eigenvalue weighted by Gasteiger charge is 2.38. The number of carbonyl (C=O) groups is 1. The lowest BCUT2D eigenvalue weighted by Gasteiger charge is -2.22. The number of aryl methyl sites for hydroxylation is 1. The first-order chi connectivity index (χ1) is 15.9. The molecule has 1 atom stereocenters. The zero-order valence-corrected chi connectivity index (χ0v) is 20.2. The van der Waals surface area contributed by atoms with Gasteiger partial charge >= 0.3 is 6.18 Å². The van der Waals surface area contributed by atoms with Crippen LogP contribution in [0.3, 0.4) is 0 Å². The zero-order valence-electron chi connectivity index (χ0n) is 18.6. The number of anilines is 2. The monoisotopic (exact) mass is 509 g/mol. The van der Waals surface area contributed by atoms with Gasteiger partial charge in [0.2, 0.25) is 11.0 Å². The van der Waals surface area contributed by atoms with Crippen molar-refractivity contribution < 1.29 is 22.5 Å². The first-order valence-corrected chi connectivity index (χ1v) is 12.4. The lowest BCUT2D eigenvalue weighted by Crippen LogP contribution is -2.35. The molecule has 2 aromatic heterocycles. The number of rotatable bonds is 7. The summed E-state index contributed by atoms with van der Waals surface area (Å²) in [7, 11) is 0. The third-order valence-corrected chi connectivity index (χ3v) is 7.82. The fourth-order valence-electron chi connectivity index (χ4n) is 3.23. The van der Waals surface area contributed by atoms with Crippen LogP contribution < -0.4 is 10.0 Å². The fraction of sp³-hybridized carbons (Fsp3) is 0.364. The van der Waals surface area contributed by atoms with E-state index in [2.05, 4.69) is 25.0 Å². The predicted octanol–water partition coefficient (Wildman–Crippen LogP) is 5.08. The molecule has 1 unspecified atom stereocenters. The minimum atomic E-state index is -4.58. The molecular formula is C22H22F3N5O2S2. The molecule has 1 fully saturated rings. The number of nitrogens with zero attached hydrogens (tertiary/aromatic N) is 3. The first-order valence-electron chi connectivity index (χ1n) is 10.4. The molecule has 2 heterocycles. The summed E-state index contributed by atoms with van der Waals surface area (Å²) in [5, 5.41) is 3.51. The molecule has 1 aliphatic carbocycles. The van der Waals surface area contributed by atoms with E-state index >= 15 is 0 Å². The van der Waals surface area contributed by atoms with Gasteiger partial charge in [0, 0.05) is 29.0 Å². The van der Waals surface area contributed by atoms with E-state index in [4.69, 9.17) is 0 Å². The zero-order chi connectivity index (χ0) is 24.7. The second-order valence-corrected chi connectivity index (χ2v) is 11.1. The van der Waals surface area contributed by atoms with Crippen LogP contribution in [-0.2, 0) is 27.7 Å². The molecule has 0 bridgehead atoms. The van der Waals surface area contributed by atoms with Crippen LogP contribution in [0.1, 0.15) is 43.0 Å². The molecule has 0 saturated heterocycles. The van der Waals surface area contributed by atoms with Crippen molar-refractivity contribution in [3.05, 3.63) is 52.9 Å². The van der Waals surface area contributed by atoms with Gasteiger partial charge in [-0.2, -0.15) is 17.9 Å². The fourth-order valence-corrected chi connectivity index (χ4v) is 5.42. The highest BCUT2D eigenvalue weighted by molar-refractivity contribution is 7.93. The SMILES string of the molecule is Cc1sc(N[S+]([O-])C2CC2)nc1C(C)(C)C(=O)Nc1ccc(-c2cncc(C(F)(F)F)n2)cc1. The number of carbonyl (C=O) groups excluding carboxylic acids is 1. The summed E-state index contributed by atoms with van der Waals surface area (Å²) in [6.45, 7) is 5.36. The molecule has 0 spiro atoms. The van der Waals surface area contributed by atoms with E-state index in [1.54, 1.807) is 38.1 Å². The number of alkyl halides is 3. The first kappa shape index (κ1) is 24.4. The van der Waals surface area contributed by atoms with E-state index in [1.165, 1.54) is 17.5 Å². The van der Waals surface area contributed by atoms with E-state index in [0.29, 0.717) is 28.3 Å². The number of hydrogen-bond donors (Lipinski definition) is 2. The Kier molecular flexibility index (Phi) is 6.58. The van der Waals surface area contributed by atoms with Crippen molar-refractivity contribution in [3.63, 3.8) is 0 Å². The predicted molar refractivity (Wildman–Crippen MR) is 126 cm³/mol. The van der Waals surface area contributed by atoms with Gasteiger partial charge in [-0.25, -0.2) is 9.97 Å². The molecule has 1 amide bonds. The van der Waals surface area contributed by atoms with Crippen LogP contribution in [0.2, 0.25) is 0 Å². The van der Waals surface area contributed by atoms with Crippen molar-refractivity contribution in [3.8, 4) is 11.3 Å². The van der Waals surface area contributed by atoms with Gasteiger partial charge in [0.15, 0.2) is 5.69 Å². The number of aromatic nitrogens is 3. The molecule has 3 aromatic rings. The summed E-state index contributed by atoms with van der Waals surface area (Å²) in [5.74, 6) is -0.303. The van der Waals surface area contributed by atoms with Gasteiger partial charge in [-0.1, -0.05) is 23.5 Å². The topological polar surface area (TPSA) is 103 Å². The van der Waals surface area contributed by atoms with Crippen molar-refractivity contribution in [2.24, 2.45) is 0 Å². The summed E-state index contributed by atoms with van der Waals surface area (Å²) in [5.41, 5.74) is -0.478. The number of amides is 1. The quantitative estimate of drug-likeness (QED) is 0.431. The molecule has 34 heavy (non-hydrogen) atoms. The maximum absolute atomic E-state index is 13.1. The normalized spacial score (nSPS) is 15.1. The second-order valence-electron chi connectivity index (χ2n) is 8.47. The Bertz CT molecular complexity index is 1190. The summed E-state index contributed by atoms with van der Waals surface area (Å²) in [6.07, 6.45) is -0.795. The second kappa shape index (κ2) is 9.16. The van der Waals surface area contributed by atoms with E-state index < -0.39 is 28.6 Å². The Morgan fingerprint density at radius 1 is 1.15 bits per heavy atom. The number of hydrogen-bond acceptors (Lipinski definition) is 7. The molecule has 0 radical (unpaired) electrons. The van der Waals surface area contributed by atoms with Crippen LogP contribution >= 0.6 is 11.3 Å². The molecule has 1 aliphatic rings. The average molecular weight is 510 g/mol. The largest absolute Gasteiger partial charge is 0.593 e. The van der Waals surface area contributed by atoms with Crippen LogP contribution in [0, 0.1) is 6.92 Å². The summed E-state index contributed by atoms with van der Waals surface area (Å²) in [6, 6.07) is 6.31. The van der Waals surface area contributed by atoms with Crippen LogP contribution in [0.4, 0.5) is 24.0 Å². The van der Waals surface area contributed by atoms with Gasteiger partial charge in [0.1, 0.15) is 5.25 Å². The minimum Gasteiger partial charge on any atom is -0.593 e. The van der Waals surface area contributed by atoms with Crippen molar-refractivity contribution in [1.82, 2.24) is 15.0 Å². The van der Waals surface area contributed by atoms with E-state index in [-0.39, 0.29) is 16.9 Å². The van der Waals surface area contributed by atoms with Crippen LogP contribution in [0.5, 0.6) is 0 Å². The Labute approximate surface area is 201 Å². The number of thiazole rings is 1. The molecule has 1 aromatic carbocycles. The molecule has 0 aliphatic heterocycles. The van der Waals surface area contributed by atoms with Gasteiger partial charge < -0.3 is 9.87 Å². The van der Waals surface area contributed by atoms with Gasteiger partial charge in [0.05, 0.1) is 40.6 Å². The van der Waals surface area contributed by atoms with Crippen molar-refractivity contribution >= 4 is 39.4 Å². The van der Waals surface area contributed by atoms with Gasteiger partial charge in [0.25, 0.3) is 0 Å². The summed E-state index contributed by atoms with van der Waals surface area (Å²) < 4.78 is 53.8. The molecule has 4 rings (SSSR count). The Morgan fingerprint density at radius 2 is 1.82 bits per heavy atom. The standard InChI is InChI=1S/C22H22F3N5O2S2/c1-12-18(29-20(33-12)30-34(32)15-8-9-15)21(2,3)19(31)27-14-6-4-13(5-7-14)16-10-26-11-17(28-16)22(23,24)25/h4-7,10-11,15H,8-9H2,1-3H3,(H,27,31)(H,29,30). The highest BCUT2D eigenvalue weighted by atomic mass is 32.2. The third kappa shape index (κ3) is 5.34. The third-order valence-electron chi connectivity index (χ3n) is 5.33. The minimum absolute atomic E-state index is 0.0785. The highest BCUT2D eigenvalue weighted by Crippen LogP contribution is 2.36. The number of nitrogens with one attached hydrogen (secondary N) is 2. The lowest BCUT2D eigenvalue weighted by molar-refractivity contribution is -0.141. The van der Waals surface area contributed by atoms with Crippen molar-refractivity contribution in [2.75, 3.05) is 10.0 Å². The van der Waals surface area contributed by atoms with E-state index in [9.17, 15) is 22.5 Å². The Balaban J connectivity index is 1.46. The Morgan fingerprint density at radius 3 is 2.44 bits per heavy atom. The van der Waals surface area contributed by atoms with Gasteiger partial charge in [-0.3, -0.25) is 9.78 Å². The number of benzene rings is 1. The van der Waals surface area contributed by atoms with Gasteiger partial charge in [-0.15, -0.1) is 0 Å². The smallest absolute Gasteiger partial charge is 0.434 e. The van der Waals surface area contributed by atoms with Crippen molar-refractivity contribution in [2.45, 2.75) is 50.5 Å². The molecule has 7 nitrogen and oxygen atoms in total. The molecule has 12 heteroatoms.